The minimum Gasteiger partial charge on any atom is -0.497 e. The fraction of sp³-hybridized carbons (Fsp3) is 0.300. The number of nitrogens with zero attached hydrogens (tertiary/aromatic N) is 3. The molecule has 0 saturated carbocycles. The van der Waals surface area contributed by atoms with Crippen LogP contribution >= 0.6 is 11.8 Å². The monoisotopic (exact) mass is 561 g/mol. The molecule has 1 saturated heterocycles. The van der Waals surface area contributed by atoms with E-state index in [1.807, 2.05) is 48.5 Å². The van der Waals surface area contributed by atoms with E-state index in [9.17, 15) is 9.59 Å². The number of hydrogen-bond acceptors (Lipinski definition) is 8. The first kappa shape index (κ1) is 29.1. The summed E-state index contributed by atoms with van der Waals surface area (Å²) >= 11 is 1.60. The third-order valence-electron chi connectivity index (χ3n) is 6.55. The molecule has 1 heterocycles. The van der Waals surface area contributed by atoms with Crippen molar-refractivity contribution in [3.63, 3.8) is 0 Å². The first-order chi connectivity index (χ1) is 19.5. The standard InChI is InChI=1S/C30H35N5O4S/c1-34-12-14-35(15-13-34)25-8-11-28(32-29(37)24-5-3-4-23(18-24)21-40-17-16-36)27(19-25)30(38)33-31-20-22-6-9-26(39-2)10-7-22/h3-11,18-20,36H,12-17,21H2,1-2H3,(H,32,37)(H,33,38)/b31-20+. The fourth-order valence-corrected chi connectivity index (χ4v) is 4.95. The highest BCUT2D eigenvalue weighted by molar-refractivity contribution is 7.98. The number of aliphatic hydroxyl groups excluding tert-OH is 1. The van der Waals surface area contributed by atoms with Gasteiger partial charge in [0.25, 0.3) is 11.8 Å². The number of carbonyl (C=O) groups is 2. The lowest BCUT2D eigenvalue weighted by molar-refractivity contribution is 0.0956. The van der Waals surface area contributed by atoms with Crippen molar-refractivity contribution in [2.24, 2.45) is 5.10 Å². The van der Waals surface area contributed by atoms with E-state index in [0.717, 1.165) is 48.7 Å². The zero-order valence-electron chi connectivity index (χ0n) is 22.8. The zero-order valence-corrected chi connectivity index (χ0v) is 23.6. The molecule has 40 heavy (non-hydrogen) atoms. The molecule has 0 unspecified atom stereocenters. The molecule has 3 N–H and O–H groups in total. The van der Waals surface area contributed by atoms with Crippen molar-refractivity contribution in [2.45, 2.75) is 5.75 Å². The van der Waals surface area contributed by atoms with Crippen molar-refractivity contribution >= 4 is 41.2 Å². The summed E-state index contributed by atoms with van der Waals surface area (Å²) in [7, 11) is 3.70. The predicted molar refractivity (Wildman–Crippen MR) is 162 cm³/mol. The topological polar surface area (TPSA) is 107 Å². The highest BCUT2D eigenvalue weighted by Crippen LogP contribution is 2.25. The van der Waals surface area contributed by atoms with Crippen LogP contribution in [0.3, 0.4) is 0 Å². The van der Waals surface area contributed by atoms with Gasteiger partial charge in [0, 0.05) is 48.9 Å². The normalized spacial score (nSPS) is 13.8. The number of amides is 2. The third kappa shape index (κ3) is 8.08. The Balaban J connectivity index is 1.53. The number of ether oxygens (including phenoxy) is 1. The van der Waals surface area contributed by atoms with Crippen LogP contribution in [0.2, 0.25) is 0 Å². The molecule has 3 aromatic carbocycles. The Hall–Kier alpha value is -3.86. The summed E-state index contributed by atoms with van der Waals surface area (Å²) in [5, 5.41) is 16.1. The molecule has 0 bridgehead atoms. The Labute approximate surface area is 239 Å². The summed E-state index contributed by atoms with van der Waals surface area (Å²) in [5.41, 5.74) is 6.53. The Bertz CT molecular complexity index is 1320. The van der Waals surface area contributed by atoms with Gasteiger partial charge in [0.15, 0.2) is 0 Å². The van der Waals surface area contributed by atoms with Gasteiger partial charge in [0.2, 0.25) is 0 Å². The van der Waals surface area contributed by atoms with Crippen LogP contribution < -0.4 is 20.4 Å². The van der Waals surface area contributed by atoms with Gasteiger partial charge >= 0.3 is 0 Å². The second kappa shape index (κ2) is 14.5. The number of rotatable bonds is 11. The number of hydrazone groups is 1. The molecule has 2 amide bonds. The third-order valence-corrected chi connectivity index (χ3v) is 7.56. The summed E-state index contributed by atoms with van der Waals surface area (Å²) in [6.45, 7) is 3.67. The molecule has 1 fully saturated rings. The summed E-state index contributed by atoms with van der Waals surface area (Å²) in [6, 6.07) is 20.2. The lowest BCUT2D eigenvalue weighted by atomic mass is 10.1. The second-order valence-corrected chi connectivity index (χ2v) is 10.5. The van der Waals surface area contributed by atoms with E-state index in [-0.39, 0.29) is 12.5 Å². The molecule has 9 nitrogen and oxygen atoms in total. The van der Waals surface area contributed by atoms with E-state index in [1.54, 1.807) is 43.3 Å². The maximum Gasteiger partial charge on any atom is 0.273 e. The Morgan fingerprint density at radius 1 is 1.02 bits per heavy atom. The number of anilines is 2. The van der Waals surface area contributed by atoms with Gasteiger partial charge in [-0.15, -0.1) is 0 Å². The van der Waals surface area contributed by atoms with Gasteiger partial charge in [-0.25, -0.2) is 5.43 Å². The molecule has 0 aliphatic carbocycles. The van der Waals surface area contributed by atoms with Crippen LogP contribution in [0.5, 0.6) is 5.75 Å². The van der Waals surface area contributed by atoms with Crippen LogP contribution in [0.25, 0.3) is 0 Å². The maximum atomic E-state index is 13.3. The zero-order chi connectivity index (χ0) is 28.3. The van der Waals surface area contributed by atoms with Crippen LogP contribution in [0.4, 0.5) is 11.4 Å². The SMILES string of the molecule is COc1ccc(/C=N/NC(=O)c2cc(N3CCN(C)CC3)ccc2NC(=O)c2cccc(CSCCO)c2)cc1. The van der Waals surface area contributed by atoms with E-state index >= 15 is 0 Å². The highest BCUT2D eigenvalue weighted by Gasteiger charge is 2.20. The van der Waals surface area contributed by atoms with Crippen molar-refractivity contribution in [1.82, 2.24) is 10.3 Å². The van der Waals surface area contributed by atoms with Crippen LogP contribution in [0, 0.1) is 0 Å². The summed E-state index contributed by atoms with van der Waals surface area (Å²) in [6.07, 6.45) is 1.56. The minimum atomic E-state index is -0.426. The molecule has 10 heteroatoms. The van der Waals surface area contributed by atoms with Crippen molar-refractivity contribution in [3.8, 4) is 5.75 Å². The Morgan fingerprint density at radius 2 is 1.80 bits per heavy atom. The summed E-state index contributed by atoms with van der Waals surface area (Å²) in [4.78, 5) is 31.0. The molecular formula is C30H35N5O4S. The summed E-state index contributed by atoms with van der Waals surface area (Å²) < 4.78 is 5.18. The second-order valence-electron chi connectivity index (χ2n) is 9.42. The molecule has 0 aromatic heterocycles. The van der Waals surface area contributed by atoms with Crippen molar-refractivity contribution in [2.75, 3.05) is 62.9 Å². The van der Waals surface area contributed by atoms with Gasteiger partial charge in [-0.05, 0) is 72.8 Å². The molecular weight excluding hydrogens is 526 g/mol. The van der Waals surface area contributed by atoms with Crippen LogP contribution in [0.15, 0.2) is 71.8 Å². The number of aliphatic hydroxyl groups is 1. The molecule has 0 radical (unpaired) electrons. The predicted octanol–water partition coefficient (Wildman–Crippen LogP) is 3.69. The van der Waals surface area contributed by atoms with Crippen molar-refractivity contribution < 1.29 is 19.4 Å². The van der Waals surface area contributed by atoms with E-state index < -0.39 is 5.91 Å². The van der Waals surface area contributed by atoms with E-state index in [4.69, 9.17) is 9.84 Å². The lowest BCUT2D eigenvalue weighted by Gasteiger charge is -2.34. The number of piperazine rings is 1. The molecule has 0 spiro atoms. The van der Waals surface area contributed by atoms with Gasteiger partial charge < -0.3 is 25.0 Å². The number of nitrogens with one attached hydrogen (secondary N) is 2. The minimum absolute atomic E-state index is 0.115. The number of hydrogen-bond donors (Lipinski definition) is 3. The van der Waals surface area contributed by atoms with Gasteiger partial charge in [-0.1, -0.05) is 12.1 Å². The molecule has 1 aliphatic rings. The lowest BCUT2D eigenvalue weighted by Crippen LogP contribution is -2.44. The number of methoxy groups -OCH3 is 1. The Morgan fingerprint density at radius 3 is 2.52 bits per heavy atom. The average Bonchev–Trinajstić information content (AvgIpc) is 2.98. The molecule has 210 valence electrons. The molecule has 3 aromatic rings. The number of carbonyl (C=O) groups excluding carboxylic acids is 2. The number of thioether (sulfide) groups is 1. The van der Waals surface area contributed by atoms with E-state index in [2.05, 4.69) is 32.7 Å². The van der Waals surface area contributed by atoms with Crippen molar-refractivity contribution in [1.29, 1.82) is 0 Å². The quantitative estimate of drug-likeness (QED) is 0.186. The maximum absolute atomic E-state index is 13.3. The van der Waals surface area contributed by atoms with E-state index in [1.165, 1.54) is 0 Å². The summed E-state index contributed by atoms with van der Waals surface area (Å²) in [5.74, 6) is 1.33. The average molecular weight is 562 g/mol. The smallest absolute Gasteiger partial charge is 0.273 e. The largest absolute Gasteiger partial charge is 0.497 e. The van der Waals surface area contributed by atoms with Crippen LogP contribution in [-0.2, 0) is 5.75 Å². The fourth-order valence-electron chi connectivity index (χ4n) is 4.26. The molecule has 0 atom stereocenters. The van der Waals surface area contributed by atoms with Crippen molar-refractivity contribution in [3.05, 3.63) is 89.0 Å². The molecule has 4 rings (SSSR count). The van der Waals surface area contributed by atoms with E-state index in [0.29, 0.717) is 28.3 Å². The van der Waals surface area contributed by atoms with Gasteiger partial charge in [-0.3, -0.25) is 9.59 Å². The van der Waals surface area contributed by atoms with Crippen LogP contribution in [0.1, 0.15) is 31.8 Å². The first-order valence-corrected chi connectivity index (χ1v) is 14.3. The van der Waals surface area contributed by atoms with Gasteiger partial charge in [0.05, 0.1) is 31.2 Å². The highest BCUT2D eigenvalue weighted by atomic mass is 32.2. The molecule has 1 aliphatic heterocycles. The Kier molecular flexibility index (Phi) is 10.6. The first-order valence-electron chi connectivity index (χ1n) is 13.1. The van der Waals surface area contributed by atoms with Crippen LogP contribution in [-0.4, -0.2) is 80.7 Å². The van der Waals surface area contributed by atoms with Gasteiger partial charge in [-0.2, -0.15) is 16.9 Å². The number of likely N-dealkylation sites (N-methyl/N-ethyl adjacent to an activating group) is 1. The number of benzene rings is 3. The van der Waals surface area contributed by atoms with Gasteiger partial charge in [0.1, 0.15) is 5.75 Å².